The summed E-state index contributed by atoms with van der Waals surface area (Å²) in [7, 11) is 0. The van der Waals surface area contributed by atoms with E-state index in [1.807, 2.05) is 23.9 Å². The quantitative estimate of drug-likeness (QED) is 0.175. The molecule has 7 aromatic carbocycles. The first-order valence-corrected chi connectivity index (χ1v) is 20.5. The summed E-state index contributed by atoms with van der Waals surface area (Å²) < 4.78 is 4.68. The predicted molar refractivity (Wildman–Crippen MR) is 245 cm³/mol. The van der Waals surface area contributed by atoms with Gasteiger partial charge in [-0.3, -0.25) is 4.57 Å². The minimum atomic E-state index is 0.642. The van der Waals surface area contributed by atoms with Crippen molar-refractivity contribution < 1.29 is 0 Å². The first-order valence-electron chi connectivity index (χ1n) is 19.5. The average Bonchev–Trinajstić information content (AvgIpc) is 3.82. The lowest BCUT2D eigenvalue weighted by Gasteiger charge is -2.14. The summed E-state index contributed by atoms with van der Waals surface area (Å²) in [4.78, 5) is 11.8. The fourth-order valence-electron chi connectivity index (χ4n) is 8.54. The second kappa shape index (κ2) is 14.1. The van der Waals surface area contributed by atoms with Gasteiger partial charge < -0.3 is 4.57 Å². The minimum Gasteiger partial charge on any atom is -0.312 e. The molecule has 5 heteroatoms. The van der Waals surface area contributed by atoms with Gasteiger partial charge in [0.05, 0.1) is 33.5 Å². The molecule has 274 valence electrons. The number of rotatable bonds is 5. The number of nitrogens with zero attached hydrogens (tertiary/aromatic N) is 4. The molecule has 0 atom stereocenters. The van der Waals surface area contributed by atoms with Crippen LogP contribution >= 0.6 is 11.8 Å². The Morgan fingerprint density at radius 3 is 1.84 bits per heavy atom. The van der Waals surface area contributed by atoms with Crippen molar-refractivity contribution >= 4 is 66.6 Å². The number of hydrogen-bond acceptors (Lipinski definition) is 3. The molecule has 58 heavy (non-hydrogen) atoms. The van der Waals surface area contributed by atoms with E-state index in [9.17, 15) is 0 Å². The fraction of sp³-hybridized carbons (Fsp3) is 0.0189. The highest BCUT2D eigenvalue weighted by molar-refractivity contribution is 7.99. The molecule has 0 bridgehead atoms. The van der Waals surface area contributed by atoms with Crippen LogP contribution in [0.25, 0.3) is 94.5 Å². The molecule has 0 fully saturated rings. The lowest BCUT2D eigenvalue weighted by atomic mass is 9.98. The van der Waals surface area contributed by atoms with Crippen LogP contribution in [0.1, 0.15) is 5.56 Å². The van der Waals surface area contributed by atoms with Gasteiger partial charge in [-0.1, -0.05) is 152 Å². The zero-order chi connectivity index (χ0) is 38.6. The van der Waals surface area contributed by atoms with Crippen LogP contribution in [0, 0.1) is 0 Å². The maximum absolute atomic E-state index is 5.26. The molecule has 3 aromatic heterocycles. The fourth-order valence-corrected chi connectivity index (χ4v) is 9.59. The minimum absolute atomic E-state index is 0.642. The monoisotopic (exact) mass is 760 g/mol. The van der Waals surface area contributed by atoms with Gasteiger partial charge >= 0.3 is 0 Å². The topological polar surface area (TPSA) is 35.6 Å². The van der Waals surface area contributed by atoms with Crippen LogP contribution < -0.4 is 0 Å². The molecule has 0 spiro atoms. The number of benzene rings is 7. The normalized spacial score (nSPS) is 14.6. The number of allylic oxidation sites excluding steroid dienone is 4. The van der Waals surface area contributed by atoms with Crippen molar-refractivity contribution in [3.63, 3.8) is 0 Å². The van der Waals surface area contributed by atoms with E-state index in [0.717, 1.165) is 55.8 Å². The van der Waals surface area contributed by atoms with Gasteiger partial charge in [0.1, 0.15) is 0 Å². The van der Waals surface area contributed by atoms with Gasteiger partial charge in [0.25, 0.3) is 0 Å². The van der Waals surface area contributed by atoms with Gasteiger partial charge in [-0.05, 0) is 70.8 Å². The van der Waals surface area contributed by atoms with Crippen LogP contribution in [0.4, 0.5) is 0 Å². The van der Waals surface area contributed by atoms with Crippen molar-refractivity contribution in [3.05, 3.63) is 206 Å². The predicted octanol–water partition coefficient (Wildman–Crippen LogP) is 13.9. The van der Waals surface area contributed by atoms with Crippen LogP contribution in [0.15, 0.2) is 206 Å². The summed E-state index contributed by atoms with van der Waals surface area (Å²) in [5.74, 6) is 1.46. The zero-order valence-electron chi connectivity index (χ0n) is 31.6. The molecule has 0 saturated carbocycles. The van der Waals surface area contributed by atoms with E-state index in [4.69, 9.17) is 9.97 Å². The van der Waals surface area contributed by atoms with Gasteiger partial charge in [0.15, 0.2) is 0 Å². The van der Waals surface area contributed by atoms with Crippen molar-refractivity contribution in [3.8, 4) is 39.6 Å². The van der Waals surface area contributed by atoms with Gasteiger partial charge in [0.2, 0.25) is 5.95 Å². The highest BCUT2D eigenvalue weighted by atomic mass is 32.2. The summed E-state index contributed by atoms with van der Waals surface area (Å²) in [6.45, 7) is 4.37. The van der Waals surface area contributed by atoms with E-state index in [0.29, 0.717) is 5.95 Å². The van der Waals surface area contributed by atoms with Crippen molar-refractivity contribution in [2.75, 3.05) is 5.75 Å². The molecule has 11 rings (SSSR count). The Morgan fingerprint density at radius 2 is 1.09 bits per heavy atom. The number of para-hydroxylation sites is 2. The van der Waals surface area contributed by atoms with Crippen molar-refractivity contribution in [2.24, 2.45) is 0 Å². The molecule has 1 aliphatic heterocycles. The van der Waals surface area contributed by atoms with Gasteiger partial charge in [-0.25, -0.2) is 9.97 Å². The first-order chi connectivity index (χ1) is 28.7. The molecule has 1 aliphatic rings. The van der Waals surface area contributed by atoms with E-state index < -0.39 is 0 Å². The molecule has 0 N–H and O–H groups in total. The van der Waals surface area contributed by atoms with Gasteiger partial charge in [-0.15, -0.1) is 11.8 Å². The molecule has 0 unspecified atom stereocenters. The molecular weight excluding hydrogens is 725 g/mol. The van der Waals surface area contributed by atoms with Crippen LogP contribution in [-0.2, 0) is 0 Å². The number of fused-ring (bicyclic) bond motifs is 7. The summed E-state index contributed by atoms with van der Waals surface area (Å²) in [5, 5.41) is 4.79. The number of aromatic nitrogens is 4. The van der Waals surface area contributed by atoms with Crippen molar-refractivity contribution in [2.45, 2.75) is 4.90 Å². The molecule has 0 radical (unpaired) electrons. The van der Waals surface area contributed by atoms with Crippen LogP contribution in [0.3, 0.4) is 0 Å². The molecule has 0 aliphatic carbocycles. The zero-order valence-corrected chi connectivity index (χ0v) is 32.4. The third-order valence-corrected chi connectivity index (χ3v) is 12.3. The summed E-state index contributed by atoms with van der Waals surface area (Å²) in [6, 6.07) is 62.4. The third kappa shape index (κ3) is 5.70. The SMILES string of the molecule is C=C1/C=C\C=C(\n2c3ccccc3c3cc(-c4cccc5c4c4ccccc4n5-c4nc(-c5ccccc5)cc(-c5ccccc5)n4)ccc32)CSc2ccccc21. The first kappa shape index (κ1) is 34.1. The van der Waals surface area contributed by atoms with E-state index in [-0.39, 0.29) is 0 Å². The van der Waals surface area contributed by atoms with E-state index in [1.165, 1.54) is 48.9 Å². The number of hydrogen-bond donors (Lipinski definition) is 0. The highest BCUT2D eigenvalue weighted by Crippen LogP contribution is 2.42. The molecule has 10 aromatic rings. The Morgan fingerprint density at radius 1 is 0.483 bits per heavy atom. The Kier molecular flexibility index (Phi) is 8.26. The van der Waals surface area contributed by atoms with Gasteiger partial charge in [0, 0.05) is 49.0 Å². The maximum atomic E-state index is 5.26. The smallest absolute Gasteiger partial charge is 0.235 e. The Hall–Kier alpha value is -7.21. The summed E-state index contributed by atoms with van der Waals surface area (Å²) >= 11 is 1.86. The molecule has 0 saturated heterocycles. The second-order valence-corrected chi connectivity index (χ2v) is 15.7. The lowest BCUT2D eigenvalue weighted by molar-refractivity contribution is 0.995. The Balaban J connectivity index is 1.10. The summed E-state index contributed by atoms with van der Waals surface area (Å²) in [6.07, 6.45) is 6.52. The van der Waals surface area contributed by atoms with Crippen molar-refractivity contribution in [1.82, 2.24) is 19.1 Å². The molecule has 0 amide bonds. The molecular formula is C53H36N4S. The highest BCUT2D eigenvalue weighted by Gasteiger charge is 2.21. The Bertz CT molecular complexity index is 3240. The van der Waals surface area contributed by atoms with Crippen LogP contribution in [-0.4, -0.2) is 24.9 Å². The van der Waals surface area contributed by atoms with Gasteiger partial charge in [-0.2, -0.15) is 0 Å². The van der Waals surface area contributed by atoms with E-state index in [1.54, 1.807) is 0 Å². The average molecular weight is 761 g/mol. The number of thioether (sulfide) groups is 1. The standard InChI is InChI=1S/C53H36N4S/c1-35-16-14-21-39(34-58-51-29-13-10-22-40(35)51)56-47-26-11-8-23-42(47)44-32-38(30-31-49(44)56)41-25-15-28-50-52(41)43-24-9-12-27-48(43)57(50)53-54-45(36-17-4-2-5-18-36)33-46(55-53)37-19-6-3-7-20-37/h2-33H,1,34H2/b16-14-,39-21+. The van der Waals surface area contributed by atoms with E-state index in [2.05, 4.69) is 198 Å². The van der Waals surface area contributed by atoms with Crippen LogP contribution in [0.5, 0.6) is 0 Å². The van der Waals surface area contributed by atoms with Crippen molar-refractivity contribution in [1.29, 1.82) is 0 Å². The maximum Gasteiger partial charge on any atom is 0.235 e. The van der Waals surface area contributed by atoms with Crippen LogP contribution in [0.2, 0.25) is 0 Å². The molecule has 4 heterocycles. The van der Waals surface area contributed by atoms with E-state index >= 15 is 0 Å². The Labute approximate surface area is 340 Å². The molecule has 4 nitrogen and oxygen atoms in total. The summed E-state index contributed by atoms with van der Waals surface area (Å²) in [5.41, 5.74) is 14.1. The largest absolute Gasteiger partial charge is 0.312 e. The lowest BCUT2D eigenvalue weighted by Crippen LogP contribution is -2.04. The third-order valence-electron chi connectivity index (χ3n) is 11.2. The second-order valence-electron chi connectivity index (χ2n) is 14.6.